The van der Waals surface area contributed by atoms with Gasteiger partial charge in [-0.15, -0.1) is 0 Å². The number of hydrogen-bond donors (Lipinski definition) is 0. The van der Waals surface area contributed by atoms with Crippen LogP contribution >= 0.6 is 0 Å². The van der Waals surface area contributed by atoms with Gasteiger partial charge in [-0.1, -0.05) is 6.42 Å². The zero-order valence-electron chi connectivity index (χ0n) is 14.0. The van der Waals surface area contributed by atoms with E-state index in [2.05, 4.69) is 4.90 Å². The number of fused-ring (bicyclic) bond motifs is 1. The van der Waals surface area contributed by atoms with E-state index in [9.17, 15) is 14.9 Å². The average Bonchev–Trinajstić information content (AvgIpc) is 3.12. The minimum atomic E-state index is -0.442. The SMILES string of the molecule is CCOc1cc(N2CC3CCCC3(C(=O)OC)C2)ccc1[N+](=O)[O-]. The summed E-state index contributed by atoms with van der Waals surface area (Å²) in [7, 11) is 1.44. The molecule has 0 radical (unpaired) electrons. The molecule has 1 aliphatic carbocycles. The molecule has 130 valence electrons. The Bertz CT molecular complexity index is 662. The Balaban J connectivity index is 1.89. The van der Waals surface area contributed by atoms with Crippen LogP contribution in [0.4, 0.5) is 11.4 Å². The molecule has 2 unspecified atom stereocenters. The molecule has 0 bridgehead atoms. The van der Waals surface area contributed by atoms with Gasteiger partial charge >= 0.3 is 11.7 Å². The van der Waals surface area contributed by atoms with Gasteiger partial charge in [0.2, 0.25) is 0 Å². The van der Waals surface area contributed by atoms with Crippen LogP contribution in [-0.2, 0) is 9.53 Å². The molecule has 0 spiro atoms. The monoisotopic (exact) mass is 334 g/mol. The highest BCUT2D eigenvalue weighted by Gasteiger charge is 2.55. The number of nitrogens with zero attached hydrogens (tertiary/aromatic N) is 2. The van der Waals surface area contributed by atoms with E-state index in [0.29, 0.717) is 13.2 Å². The summed E-state index contributed by atoms with van der Waals surface area (Å²) in [5.41, 5.74) is 0.367. The normalized spacial score (nSPS) is 25.4. The van der Waals surface area contributed by atoms with Crippen molar-refractivity contribution in [2.75, 3.05) is 31.7 Å². The summed E-state index contributed by atoms with van der Waals surface area (Å²) in [6.45, 7) is 3.51. The Morgan fingerprint density at radius 1 is 1.50 bits per heavy atom. The summed E-state index contributed by atoms with van der Waals surface area (Å²) in [6, 6.07) is 4.90. The first-order valence-electron chi connectivity index (χ1n) is 8.26. The molecule has 1 heterocycles. The van der Waals surface area contributed by atoms with Gasteiger partial charge in [-0.2, -0.15) is 0 Å². The minimum Gasteiger partial charge on any atom is -0.487 e. The van der Waals surface area contributed by atoms with Crippen LogP contribution < -0.4 is 9.64 Å². The molecule has 3 rings (SSSR count). The van der Waals surface area contributed by atoms with Gasteiger partial charge in [0.15, 0.2) is 5.75 Å². The molecule has 7 nitrogen and oxygen atoms in total. The number of rotatable bonds is 5. The topological polar surface area (TPSA) is 81.9 Å². The van der Waals surface area contributed by atoms with Crippen molar-refractivity contribution in [3.05, 3.63) is 28.3 Å². The lowest BCUT2D eigenvalue weighted by atomic mass is 9.81. The smallest absolute Gasteiger partial charge is 0.313 e. The van der Waals surface area contributed by atoms with Gasteiger partial charge in [0, 0.05) is 30.9 Å². The Morgan fingerprint density at radius 2 is 2.29 bits per heavy atom. The van der Waals surface area contributed by atoms with Gasteiger partial charge in [-0.25, -0.2) is 0 Å². The summed E-state index contributed by atoms with van der Waals surface area (Å²) in [5.74, 6) is 0.402. The van der Waals surface area contributed by atoms with Crippen LogP contribution in [0.2, 0.25) is 0 Å². The van der Waals surface area contributed by atoms with Crippen molar-refractivity contribution in [3.8, 4) is 5.75 Å². The zero-order valence-corrected chi connectivity index (χ0v) is 14.0. The number of benzene rings is 1. The number of ether oxygens (including phenoxy) is 2. The fraction of sp³-hybridized carbons (Fsp3) is 0.588. The van der Waals surface area contributed by atoms with E-state index in [1.54, 1.807) is 19.1 Å². The highest BCUT2D eigenvalue weighted by atomic mass is 16.6. The van der Waals surface area contributed by atoms with Gasteiger partial charge in [-0.05, 0) is 31.7 Å². The molecule has 1 saturated heterocycles. The number of hydrogen-bond acceptors (Lipinski definition) is 6. The van der Waals surface area contributed by atoms with Crippen molar-refractivity contribution in [3.63, 3.8) is 0 Å². The third-order valence-electron chi connectivity index (χ3n) is 5.27. The van der Waals surface area contributed by atoms with Crippen molar-refractivity contribution >= 4 is 17.3 Å². The molecule has 0 aromatic heterocycles. The molecule has 7 heteroatoms. The van der Waals surface area contributed by atoms with Crippen molar-refractivity contribution in [2.24, 2.45) is 11.3 Å². The maximum atomic E-state index is 12.3. The molecule has 2 aliphatic rings. The van der Waals surface area contributed by atoms with Crippen LogP contribution in [0.5, 0.6) is 5.75 Å². The van der Waals surface area contributed by atoms with E-state index >= 15 is 0 Å². The van der Waals surface area contributed by atoms with Crippen LogP contribution in [0, 0.1) is 21.4 Å². The molecule has 1 saturated carbocycles. The number of nitro groups is 1. The number of esters is 1. The summed E-state index contributed by atoms with van der Waals surface area (Å²) in [6.07, 6.45) is 2.89. The summed E-state index contributed by atoms with van der Waals surface area (Å²) in [5, 5.41) is 11.1. The first kappa shape index (κ1) is 16.5. The quantitative estimate of drug-likeness (QED) is 0.468. The number of carbonyl (C=O) groups is 1. The molecule has 24 heavy (non-hydrogen) atoms. The molecule has 0 N–H and O–H groups in total. The van der Waals surface area contributed by atoms with Gasteiger partial charge in [0.1, 0.15) is 0 Å². The van der Waals surface area contributed by atoms with Crippen molar-refractivity contribution in [2.45, 2.75) is 26.2 Å². The number of methoxy groups -OCH3 is 1. The Kier molecular flexibility index (Phi) is 4.34. The molecule has 2 atom stereocenters. The first-order chi connectivity index (χ1) is 11.5. The van der Waals surface area contributed by atoms with E-state index in [0.717, 1.165) is 31.5 Å². The van der Waals surface area contributed by atoms with E-state index in [1.807, 2.05) is 0 Å². The highest BCUT2D eigenvalue weighted by molar-refractivity contribution is 5.80. The molecule has 1 aromatic rings. The summed E-state index contributed by atoms with van der Waals surface area (Å²) >= 11 is 0. The second kappa shape index (κ2) is 6.30. The Hall–Kier alpha value is -2.31. The predicted molar refractivity (Wildman–Crippen MR) is 88.3 cm³/mol. The largest absolute Gasteiger partial charge is 0.487 e. The molecule has 2 fully saturated rings. The fourth-order valence-corrected chi connectivity index (χ4v) is 4.14. The second-order valence-corrected chi connectivity index (χ2v) is 6.46. The minimum absolute atomic E-state index is 0.0392. The second-order valence-electron chi connectivity index (χ2n) is 6.46. The van der Waals surface area contributed by atoms with Crippen LogP contribution in [0.3, 0.4) is 0 Å². The fourth-order valence-electron chi connectivity index (χ4n) is 4.14. The van der Waals surface area contributed by atoms with Gasteiger partial charge in [0.05, 0.1) is 24.1 Å². The Labute approximate surface area is 140 Å². The average molecular weight is 334 g/mol. The molecule has 1 aliphatic heterocycles. The molecule has 1 aromatic carbocycles. The summed E-state index contributed by atoms with van der Waals surface area (Å²) < 4.78 is 10.5. The standard InChI is InChI=1S/C17H22N2O5/c1-3-24-15-9-13(6-7-14(15)19(21)22)18-10-12-5-4-8-17(12,11-18)16(20)23-2/h6-7,9,12H,3-5,8,10-11H2,1-2H3. The predicted octanol–water partition coefficient (Wildman–Crippen LogP) is 2.77. The maximum Gasteiger partial charge on any atom is 0.313 e. The lowest BCUT2D eigenvalue weighted by molar-refractivity contribution is -0.385. The number of carbonyl (C=O) groups excluding carboxylic acids is 1. The van der Waals surface area contributed by atoms with Crippen LogP contribution in [0.1, 0.15) is 26.2 Å². The van der Waals surface area contributed by atoms with E-state index in [-0.39, 0.29) is 23.3 Å². The van der Waals surface area contributed by atoms with E-state index in [1.165, 1.54) is 13.2 Å². The highest BCUT2D eigenvalue weighted by Crippen LogP contribution is 2.50. The van der Waals surface area contributed by atoms with Crippen LogP contribution in [-0.4, -0.2) is 37.7 Å². The number of nitro benzene ring substituents is 1. The van der Waals surface area contributed by atoms with Gasteiger partial charge in [-0.3, -0.25) is 14.9 Å². The summed E-state index contributed by atoms with van der Waals surface area (Å²) in [4.78, 5) is 25.1. The number of anilines is 1. The van der Waals surface area contributed by atoms with Gasteiger partial charge < -0.3 is 14.4 Å². The van der Waals surface area contributed by atoms with Crippen molar-refractivity contribution in [1.82, 2.24) is 0 Å². The lowest BCUT2D eigenvalue weighted by Gasteiger charge is -2.26. The first-order valence-corrected chi connectivity index (χ1v) is 8.26. The lowest BCUT2D eigenvalue weighted by Crippen LogP contribution is -2.36. The van der Waals surface area contributed by atoms with Gasteiger partial charge in [0.25, 0.3) is 0 Å². The molecule has 0 amide bonds. The van der Waals surface area contributed by atoms with E-state index in [4.69, 9.17) is 9.47 Å². The third-order valence-corrected chi connectivity index (χ3v) is 5.27. The zero-order chi connectivity index (χ0) is 17.3. The van der Waals surface area contributed by atoms with Crippen molar-refractivity contribution in [1.29, 1.82) is 0 Å². The van der Waals surface area contributed by atoms with E-state index < -0.39 is 10.3 Å². The van der Waals surface area contributed by atoms with Crippen LogP contribution in [0.25, 0.3) is 0 Å². The maximum absolute atomic E-state index is 12.3. The third kappa shape index (κ3) is 2.57. The Morgan fingerprint density at radius 3 is 2.96 bits per heavy atom. The molecular formula is C17H22N2O5. The van der Waals surface area contributed by atoms with Crippen molar-refractivity contribution < 1.29 is 19.2 Å². The molecular weight excluding hydrogens is 312 g/mol. The van der Waals surface area contributed by atoms with Crippen LogP contribution in [0.15, 0.2) is 18.2 Å².